The van der Waals surface area contributed by atoms with Crippen LogP contribution in [-0.2, 0) is 16.3 Å². The summed E-state index contributed by atoms with van der Waals surface area (Å²) < 4.78 is 67.2. The van der Waals surface area contributed by atoms with Gasteiger partial charge in [0.25, 0.3) is 0 Å². The molecule has 128 valence electrons. The first kappa shape index (κ1) is 17.8. The molecule has 0 saturated carbocycles. The Morgan fingerprint density at radius 3 is 2.17 bits per heavy atom. The predicted molar refractivity (Wildman–Crippen MR) is 77.4 cm³/mol. The van der Waals surface area contributed by atoms with E-state index in [4.69, 9.17) is 5.11 Å². The summed E-state index contributed by atoms with van der Waals surface area (Å²) in [7, 11) is -4.48. The fraction of sp³-hybridized carbons (Fsp3) is 0.133. The van der Waals surface area contributed by atoms with Gasteiger partial charge in [0.1, 0.15) is 10.5 Å². The standard InChI is InChI=1S/C15H11F3O5S/c1-9-2-5-11(6-3-9)24(21,22)23-13-8-10(15(16,17)18)4-7-12(13)14(19)20/h2-8H,1H3,(H,19,20). The Kier molecular flexibility index (Phi) is 4.57. The molecular weight excluding hydrogens is 349 g/mol. The molecule has 2 aromatic carbocycles. The summed E-state index contributed by atoms with van der Waals surface area (Å²) in [6, 6.07) is 6.88. The Balaban J connectivity index is 2.50. The van der Waals surface area contributed by atoms with E-state index in [0.29, 0.717) is 18.2 Å². The second-order valence-electron chi connectivity index (χ2n) is 4.86. The topological polar surface area (TPSA) is 80.7 Å². The smallest absolute Gasteiger partial charge is 0.416 e. The first-order valence-corrected chi connectivity index (χ1v) is 7.87. The van der Waals surface area contributed by atoms with Crippen molar-refractivity contribution in [1.29, 1.82) is 0 Å². The van der Waals surface area contributed by atoms with Gasteiger partial charge in [0.05, 0.1) is 5.56 Å². The third-order valence-corrected chi connectivity index (χ3v) is 4.30. The number of carboxylic acid groups (broad SMARTS) is 1. The van der Waals surface area contributed by atoms with E-state index in [1.54, 1.807) is 6.92 Å². The lowest BCUT2D eigenvalue weighted by atomic mass is 10.1. The number of alkyl halides is 3. The summed E-state index contributed by atoms with van der Waals surface area (Å²) in [5.41, 5.74) is -1.15. The van der Waals surface area contributed by atoms with Crippen LogP contribution >= 0.6 is 0 Å². The molecular formula is C15H11F3O5S. The summed E-state index contributed by atoms with van der Waals surface area (Å²) in [4.78, 5) is 10.8. The van der Waals surface area contributed by atoms with Gasteiger partial charge in [0.2, 0.25) is 0 Å². The number of aryl methyl sites for hydroxylation is 1. The molecule has 0 aliphatic rings. The molecule has 0 unspecified atom stereocenters. The van der Waals surface area contributed by atoms with Crippen molar-refractivity contribution in [3.63, 3.8) is 0 Å². The number of aromatic carboxylic acids is 1. The number of halogens is 3. The number of carbonyl (C=O) groups is 1. The first-order chi connectivity index (χ1) is 11.0. The van der Waals surface area contributed by atoms with Gasteiger partial charge >= 0.3 is 22.3 Å². The van der Waals surface area contributed by atoms with Gasteiger partial charge in [-0.15, -0.1) is 0 Å². The SMILES string of the molecule is Cc1ccc(S(=O)(=O)Oc2cc(C(F)(F)F)ccc2C(=O)O)cc1. The zero-order valence-electron chi connectivity index (χ0n) is 12.2. The molecule has 0 radical (unpaired) electrons. The maximum atomic E-state index is 12.7. The van der Waals surface area contributed by atoms with Gasteiger partial charge < -0.3 is 9.29 Å². The minimum Gasteiger partial charge on any atom is -0.478 e. The van der Waals surface area contributed by atoms with E-state index in [1.807, 2.05) is 0 Å². The second-order valence-corrected chi connectivity index (χ2v) is 6.41. The maximum Gasteiger partial charge on any atom is 0.416 e. The van der Waals surface area contributed by atoms with Crippen LogP contribution in [0.15, 0.2) is 47.4 Å². The third kappa shape index (κ3) is 3.85. The molecule has 5 nitrogen and oxygen atoms in total. The van der Waals surface area contributed by atoms with Crippen LogP contribution in [0.1, 0.15) is 21.5 Å². The number of carboxylic acids is 1. The lowest BCUT2D eigenvalue weighted by Crippen LogP contribution is -2.14. The number of benzene rings is 2. The van der Waals surface area contributed by atoms with E-state index in [0.717, 1.165) is 5.56 Å². The molecule has 0 aliphatic heterocycles. The minimum atomic E-state index is -4.78. The van der Waals surface area contributed by atoms with Crippen molar-refractivity contribution in [2.75, 3.05) is 0 Å². The molecule has 0 spiro atoms. The highest BCUT2D eigenvalue weighted by Crippen LogP contribution is 2.34. The van der Waals surface area contributed by atoms with Gasteiger partial charge in [-0.1, -0.05) is 17.7 Å². The fourth-order valence-corrected chi connectivity index (χ4v) is 2.76. The van der Waals surface area contributed by atoms with Gasteiger partial charge in [-0.3, -0.25) is 0 Å². The second kappa shape index (κ2) is 6.16. The highest BCUT2D eigenvalue weighted by atomic mass is 32.2. The first-order valence-electron chi connectivity index (χ1n) is 6.46. The average molecular weight is 360 g/mol. The van der Waals surface area contributed by atoms with Gasteiger partial charge in [-0.2, -0.15) is 21.6 Å². The quantitative estimate of drug-likeness (QED) is 0.845. The van der Waals surface area contributed by atoms with E-state index in [2.05, 4.69) is 4.18 Å². The molecule has 0 fully saturated rings. The van der Waals surface area contributed by atoms with Crippen molar-refractivity contribution >= 4 is 16.1 Å². The summed E-state index contributed by atoms with van der Waals surface area (Å²) in [6.07, 6.45) is -4.78. The molecule has 2 aromatic rings. The maximum absolute atomic E-state index is 12.7. The molecule has 2 rings (SSSR count). The zero-order chi connectivity index (χ0) is 18.1. The normalized spacial score (nSPS) is 12.0. The van der Waals surface area contributed by atoms with Gasteiger partial charge in [0, 0.05) is 0 Å². The zero-order valence-corrected chi connectivity index (χ0v) is 13.0. The summed E-state index contributed by atoms with van der Waals surface area (Å²) in [5, 5.41) is 9.01. The largest absolute Gasteiger partial charge is 0.478 e. The van der Waals surface area contributed by atoms with Crippen LogP contribution in [0.25, 0.3) is 0 Å². The molecule has 0 aromatic heterocycles. The van der Waals surface area contributed by atoms with Gasteiger partial charge in [-0.25, -0.2) is 4.79 Å². The molecule has 0 amide bonds. The minimum absolute atomic E-state index is 0.304. The number of hydrogen-bond acceptors (Lipinski definition) is 4. The Hall–Kier alpha value is -2.55. The van der Waals surface area contributed by atoms with E-state index in [9.17, 15) is 26.4 Å². The number of rotatable bonds is 4. The lowest BCUT2D eigenvalue weighted by molar-refractivity contribution is -0.137. The fourth-order valence-electron chi connectivity index (χ4n) is 1.82. The van der Waals surface area contributed by atoms with Crippen LogP contribution in [0.3, 0.4) is 0 Å². The molecule has 24 heavy (non-hydrogen) atoms. The molecule has 0 atom stereocenters. The van der Waals surface area contributed by atoms with E-state index >= 15 is 0 Å². The summed E-state index contributed by atoms with van der Waals surface area (Å²) in [6.45, 7) is 1.71. The molecule has 0 aliphatic carbocycles. The highest BCUT2D eigenvalue weighted by molar-refractivity contribution is 7.87. The van der Waals surface area contributed by atoms with Crippen LogP contribution in [-0.4, -0.2) is 19.5 Å². The molecule has 1 N–H and O–H groups in total. The van der Waals surface area contributed by atoms with Crippen LogP contribution in [0.4, 0.5) is 13.2 Å². The van der Waals surface area contributed by atoms with Crippen molar-refractivity contribution in [1.82, 2.24) is 0 Å². The van der Waals surface area contributed by atoms with Crippen molar-refractivity contribution < 1.29 is 35.7 Å². The van der Waals surface area contributed by atoms with Crippen LogP contribution < -0.4 is 4.18 Å². The number of hydrogen-bond donors (Lipinski definition) is 1. The van der Waals surface area contributed by atoms with Crippen molar-refractivity contribution in [2.45, 2.75) is 18.0 Å². The Labute approximate surface area is 135 Å². The third-order valence-electron chi connectivity index (χ3n) is 3.05. The highest BCUT2D eigenvalue weighted by Gasteiger charge is 2.33. The monoisotopic (exact) mass is 360 g/mol. The van der Waals surface area contributed by atoms with E-state index < -0.39 is 39.1 Å². The molecule has 0 bridgehead atoms. The summed E-state index contributed by atoms with van der Waals surface area (Å²) >= 11 is 0. The Bertz CT molecular complexity index is 871. The van der Waals surface area contributed by atoms with Crippen LogP contribution in [0.5, 0.6) is 5.75 Å². The van der Waals surface area contributed by atoms with Crippen molar-refractivity contribution in [3.8, 4) is 5.75 Å². The Morgan fingerprint density at radius 2 is 1.67 bits per heavy atom. The summed E-state index contributed by atoms with van der Waals surface area (Å²) in [5.74, 6) is -2.52. The average Bonchev–Trinajstić information content (AvgIpc) is 2.46. The van der Waals surface area contributed by atoms with Gasteiger partial charge in [0.15, 0.2) is 5.75 Å². The van der Waals surface area contributed by atoms with Crippen LogP contribution in [0, 0.1) is 6.92 Å². The molecule has 0 heterocycles. The molecule has 9 heteroatoms. The van der Waals surface area contributed by atoms with Crippen LogP contribution in [0.2, 0.25) is 0 Å². The van der Waals surface area contributed by atoms with Crippen molar-refractivity contribution in [3.05, 3.63) is 59.2 Å². The van der Waals surface area contributed by atoms with E-state index in [-0.39, 0.29) is 4.90 Å². The predicted octanol–water partition coefficient (Wildman–Crippen LogP) is 3.48. The van der Waals surface area contributed by atoms with E-state index in [1.165, 1.54) is 24.3 Å². The van der Waals surface area contributed by atoms with Crippen molar-refractivity contribution in [2.24, 2.45) is 0 Å². The molecule has 0 saturated heterocycles. The lowest BCUT2D eigenvalue weighted by Gasteiger charge is -2.13. The Morgan fingerprint density at radius 1 is 1.08 bits per heavy atom. The van der Waals surface area contributed by atoms with Gasteiger partial charge in [-0.05, 0) is 37.3 Å².